The summed E-state index contributed by atoms with van der Waals surface area (Å²) in [6.45, 7) is 3.74. The second-order valence-corrected chi connectivity index (χ2v) is 4.65. The van der Waals surface area contributed by atoms with Crippen molar-refractivity contribution in [3.63, 3.8) is 0 Å². The van der Waals surface area contributed by atoms with E-state index in [1.807, 2.05) is 44.2 Å². The number of nitrogens with one attached hydrogen (secondary N) is 2. The van der Waals surface area contributed by atoms with Gasteiger partial charge in [0.15, 0.2) is 0 Å². The van der Waals surface area contributed by atoms with Crippen molar-refractivity contribution in [2.75, 3.05) is 0 Å². The van der Waals surface area contributed by atoms with E-state index in [4.69, 9.17) is 0 Å². The Labute approximate surface area is 121 Å². The second-order valence-electron chi connectivity index (χ2n) is 4.65. The fourth-order valence-corrected chi connectivity index (χ4v) is 2.11. The van der Waals surface area contributed by atoms with Crippen LogP contribution in [0.5, 0.6) is 5.88 Å². The molecule has 0 saturated heterocycles. The van der Waals surface area contributed by atoms with Crippen LogP contribution < -0.4 is 11.2 Å². The van der Waals surface area contributed by atoms with E-state index in [1.54, 1.807) is 0 Å². The molecule has 110 valence electrons. The standard InChI is InChI=1S/C15H17N3O3/c1-3-11(12-13(19)17-15(21)18-14(12)20)16-9(2)10-7-5-4-6-8-10/h4-9H,3H2,1-2H3,(H3,17,18,19,20,21)/t9-/m0/s1. The zero-order valence-electron chi connectivity index (χ0n) is 11.9. The van der Waals surface area contributed by atoms with Crippen molar-refractivity contribution in [1.82, 2.24) is 9.97 Å². The van der Waals surface area contributed by atoms with Gasteiger partial charge >= 0.3 is 5.69 Å². The molecule has 1 aromatic heterocycles. The van der Waals surface area contributed by atoms with Crippen molar-refractivity contribution >= 4 is 5.71 Å². The van der Waals surface area contributed by atoms with Crippen LogP contribution in [-0.2, 0) is 0 Å². The number of hydrogen-bond donors (Lipinski definition) is 3. The number of hydrogen-bond acceptors (Lipinski definition) is 4. The Balaban J connectivity index is 2.48. The summed E-state index contributed by atoms with van der Waals surface area (Å²) in [7, 11) is 0. The van der Waals surface area contributed by atoms with E-state index in [1.165, 1.54) is 0 Å². The summed E-state index contributed by atoms with van der Waals surface area (Å²) in [6.07, 6.45) is 0.458. The van der Waals surface area contributed by atoms with E-state index in [0.29, 0.717) is 12.1 Å². The summed E-state index contributed by atoms with van der Waals surface area (Å²) in [5.41, 5.74) is 0.0787. The van der Waals surface area contributed by atoms with Crippen LogP contribution in [0.3, 0.4) is 0 Å². The molecule has 2 aromatic rings. The highest BCUT2D eigenvalue weighted by atomic mass is 16.3. The molecule has 3 N–H and O–H groups in total. The molecule has 2 rings (SSSR count). The molecule has 21 heavy (non-hydrogen) atoms. The molecule has 1 heterocycles. The molecule has 1 aromatic carbocycles. The van der Waals surface area contributed by atoms with Gasteiger partial charge in [-0.3, -0.25) is 19.8 Å². The number of nitrogens with zero attached hydrogens (tertiary/aromatic N) is 1. The minimum atomic E-state index is -0.743. The Morgan fingerprint density at radius 3 is 2.48 bits per heavy atom. The van der Waals surface area contributed by atoms with Gasteiger partial charge in [-0.1, -0.05) is 37.3 Å². The van der Waals surface area contributed by atoms with Gasteiger partial charge in [-0.05, 0) is 18.9 Å². The summed E-state index contributed by atoms with van der Waals surface area (Å²) in [4.78, 5) is 31.7. The molecule has 0 spiro atoms. The molecule has 0 aliphatic carbocycles. The monoisotopic (exact) mass is 287 g/mol. The Bertz CT molecular complexity index is 760. The van der Waals surface area contributed by atoms with Gasteiger partial charge in [-0.2, -0.15) is 0 Å². The Kier molecular flexibility index (Phi) is 4.37. The molecule has 6 nitrogen and oxygen atoms in total. The van der Waals surface area contributed by atoms with Crippen molar-refractivity contribution in [1.29, 1.82) is 0 Å². The van der Waals surface area contributed by atoms with Crippen molar-refractivity contribution < 1.29 is 5.11 Å². The Morgan fingerprint density at radius 2 is 1.90 bits per heavy atom. The van der Waals surface area contributed by atoms with E-state index in [0.717, 1.165) is 5.56 Å². The number of benzene rings is 1. The highest BCUT2D eigenvalue weighted by Crippen LogP contribution is 2.19. The average Bonchev–Trinajstić information content (AvgIpc) is 2.45. The van der Waals surface area contributed by atoms with Crippen LogP contribution in [0.2, 0.25) is 0 Å². The first-order chi connectivity index (χ1) is 10.0. The number of aliphatic imine (C=N–C) groups is 1. The lowest BCUT2D eigenvalue weighted by molar-refractivity contribution is 0.447. The molecule has 6 heteroatoms. The first-order valence-corrected chi connectivity index (χ1v) is 6.70. The lowest BCUT2D eigenvalue weighted by atomic mass is 10.1. The largest absolute Gasteiger partial charge is 0.494 e. The third-order valence-electron chi connectivity index (χ3n) is 3.18. The number of rotatable bonds is 4. The minimum Gasteiger partial charge on any atom is -0.494 e. The van der Waals surface area contributed by atoms with Crippen LogP contribution in [0.1, 0.15) is 37.4 Å². The zero-order valence-corrected chi connectivity index (χ0v) is 11.9. The van der Waals surface area contributed by atoms with Crippen LogP contribution in [0, 0.1) is 0 Å². The van der Waals surface area contributed by atoms with Gasteiger partial charge in [0.1, 0.15) is 5.56 Å². The van der Waals surface area contributed by atoms with Gasteiger partial charge in [0.2, 0.25) is 5.88 Å². The third-order valence-corrected chi connectivity index (χ3v) is 3.18. The first-order valence-electron chi connectivity index (χ1n) is 6.70. The Hall–Kier alpha value is -2.63. The second kappa shape index (κ2) is 6.21. The van der Waals surface area contributed by atoms with Gasteiger partial charge in [0.05, 0.1) is 11.8 Å². The van der Waals surface area contributed by atoms with Gasteiger partial charge in [-0.25, -0.2) is 4.79 Å². The molecule has 0 amide bonds. The predicted octanol–water partition coefficient (Wildman–Crippen LogP) is 1.73. The van der Waals surface area contributed by atoms with Crippen molar-refractivity contribution in [3.8, 4) is 5.88 Å². The smallest absolute Gasteiger partial charge is 0.328 e. The molecule has 1 atom stereocenters. The highest BCUT2D eigenvalue weighted by molar-refractivity contribution is 6.01. The topological polar surface area (TPSA) is 98.3 Å². The van der Waals surface area contributed by atoms with Crippen molar-refractivity contribution in [3.05, 3.63) is 62.3 Å². The zero-order chi connectivity index (χ0) is 15.4. The van der Waals surface area contributed by atoms with Crippen LogP contribution in [0.15, 0.2) is 44.9 Å². The maximum atomic E-state index is 11.9. The lowest BCUT2D eigenvalue weighted by Crippen LogP contribution is -2.27. The lowest BCUT2D eigenvalue weighted by Gasteiger charge is -2.11. The molecule has 0 aliphatic rings. The summed E-state index contributed by atoms with van der Waals surface area (Å²) in [5.74, 6) is -0.454. The van der Waals surface area contributed by atoms with E-state index in [-0.39, 0.29) is 11.6 Å². The summed E-state index contributed by atoms with van der Waals surface area (Å²) >= 11 is 0. The molecule has 0 aliphatic heterocycles. The third kappa shape index (κ3) is 3.28. The number of H-pyrrole nitrogens is 2. The molecule has 0 fully saturated rings. The predicted molar refractivity (Wildman–Crippen MR) is 81.0 cm³/mol. The SMILES string of the molecule is CCC(=N[C@@H](C)c1ccccc1)c1c(O)[nH]c(=O)[nH]c1=O. The van der Waals surface area contributed by atoms with Gasteiger partial charge in [0, 0.05) is 0 Å². The maximum Gasteiger partial charge on any atom is 0.328 e. The molecular weight excluding hydrogens is 270 g/mol. The summed E-state index contributed by atoms with van der Waals surface area (Å²) < 4.78 is 0. The maximum absolute atomic E-state index is 11.9. The number of aromatic amines is 2. The van der Waals surface area contributed by atoms with E-state index < -0.39 is 17.1 Å². The number of aromatic nitrogens is 2. The fraction of sp³-hybridized carbons (Fsp3) is 0.267. The van der Waals surface area contributed by atoms with Gasteiger partial charge in [0.25, 0.3) is 5.56 Å². The minimum absolute atomic E-state index is 0.0138. The molecular formula is C15H17N3O3. The van der Waals surface area contributed by atoms with Crippen molar-refractivity contribution in [2.24, 2.45) is 4.99 Å². The molecule has 0 bridgehead atoms. The van der Waals surface area contributed by atoms with Crippen LogP contribution in [0.25, 0.3) is 0 Å². The molecule has 0 saturated carbocycles. The molecule has 0 radical (unpaired) electrons. The van der Waals surface area contributed by atoms with Crippen molar-refractivity contribution in [2.45, 2.75) is 26.3 Å². The first kappa shape index (κ1) is 14.8. The van der Waals surface area contributed by atoms with Gasteiger partial charge in [-0.15, -0.1) is 0 Å². The van der Waals surface area contributed by atoms with E-state index in [2.05, 4.69) is 15.0 Å². The van der Waals surface area contributed by atoms with E-state index >= 15 is 0 Å². The van der Waals surface area contributed by atoms with Crippen LogP contribution in [0.4, 0.5) is 0 Å². The molecule has 0 unspecified atom stereocenters. The summed E-state index contributed by atoms with van der Waals surface area (Å²) in [5, 5.41) is 9.80. The summed E-state index contributed by atoms with van der Waals surface area (Å²) in [6, 6.07) is 9.47. The fourth-order valence-electron chi connectivity index (χ4n) is 2.11. The average molecular weight is 287 g/mol. The Morgan fingerprint density at radius 1 is 1.24 bits per heavy atom. The van der Waals surface area contributed by atoms with E-state index in [9.17, 15) is 14.7 Å². The van der Waals surface area contributed by atoms with Crippen LogP contribution in [-0.4, -0.2) is 20.8 Å². The normalized spacial score (nSPS) is 13.1. The quantitative estimate of drug-likeness (QED) is 0.747. The van der Waals surface area contributed by atoms with Gasteiger partial charge < -0.3 is 5.11 Å². The highest BCUT2D eigenvalue weighted by Gasteiger charge is 2.15. The van der Waals surface area contributed by atoms with Crippen LogP contribution >= 0.6 is 0 Å². The number of aromatic hydroxyl groups is 1.